The van der Waals surface area contributed by atoms with Gasteiger partial charge in [0.05, 0.1) is 4.90 Å². The summed E-state index contributed by atoms with van der Waals surface area (Å²) in [6.07, 6.45) is 2.97. The predicted molar refractivity (Wildman–Crippen MR) is 91.0 cm³/mol. The van der Waals surface area contributed by atoms with E-state index in [1.54, 1.807) is 30.3 Å². The number of nitrogens with zero attached hydrogens (tertiary/aromatic N) is 3. The molecule has 0 amide bonds. The molecule has 118 valence electrons. The summed E-state index contributed by atoms with van der Waals surface area (Å²) in [4.78, 5) is 6.45. The van der Waals surface area contributed by atoms with Crippen LogP contribution in [0.4, 0.5) is 5.69 Å². The second-order valence-corrected chi connectivity index (χ2v) is 7.12. The van der Waals surface area contributed by atoms with Gasteiger partial charge in [-0.3, -0.25) is 0 Å². The Morgan fingerprint density at radius 2 is 1.61 bits per heavy atom. The van der Waals surface area contributed by atoms with Gasteiger partial charge in [-0.15, -0.1) is 0 Å². The molecule has 6 heteroatoms. The second kappa shape index (κ2) is 5.89. The Morgan fingerprint density at radius 1 is 0.957 bits per heavy atom. The zero-order chi connectivity index (χ0) is 16.4. The Labute approximate surface area is 135 Å². The van der Waals surface area contributed by atoms with Crippen LogP contribution in [0.3, 0.4) is 0 Å². The molecular formula is C17H17N3O2S. The van der Waals surface area contributed by atoms with Crippen molar-refractivity contribution >= 4 is 15.7 Å². The van der Waals surface area contributed by atoms with Gasteiger partial charge in [0.25, 0.3) is 10.0 Å². The van der Waals surface area contributed by atoms with Gasteiger partial charge in [-0.1, -0.05) is 18.2 Å². The summed E-state index contributed by atoms with van der Waals surface area (Å²) in [5.41, 5.74) is 1.79. The van der Waals surface area contributed by atoms with Crippen molar-refractivity contribution < 1.29 is 8.42 Å². The van der Waals surface area contributed by atoms with E-state index in [1.807, 2.05) is 43.3 Å². The van der Waals surface area contributed by atoms with Crippen LogP contribution in [0.2, 0.25) is 0 Å². The van der Waals surface area contributed by atoms with E-state index < -0.39 is 10.0 Å². The maximum atomic E-state index is 12.8. The van der Waals surface area contributed by atoms with Crippen LogP contribution in [-0.2, 0) is 10.0 Å². The molecular weight excluding hydrogens is 310 g/mol. The highest BCUT2D eigenvalue weighted by Gasteiger charge is 2.20. The van der Waals surface area contributed by atoms with Crippen molar-refractivity contribution in [1.29, 1.82) is 0 Å². The quantitative estimate of drug-likeness (QED) is 0.739. The van der Waals surface area contributed by atoms with Crippen molar-refractivity contribution in [3.8, 4) is 11.4 Å². The molecule has 1 heterocycles. The molecule has 0 atom stereocenters. The third-order valence-electron chi connectivity index (χ3n) is 3.55. The van der Waals surface area contributed by atoms with Crippen molar-refractivity contribution in [2.24, 2.45) is 0 Å². The van der Waals surface area contributed by atoms with E-state index in [2.05, 4.69) is 4.98 Å². The molecule has 0 bridgehead atoms. The Hall–Kier alpha value is -2.60. The Balaban J connectivity index is 2.06. The lowest BCUT2D eigenvalue weighted by atomic mass is 10.2. The van der Waals surface area contributed by atoms with Crippen molar-refractivity contribution in [2.45, 2.75) is 4.90 Å². The number of hydrogen-bond acceptors (Lipinski definition) is 4. The van der Waals surface area contributed by atoms with E-state index in [4.69, 9.17) is 0 Å². The lowest BCUT2D eigenvalue weighted by molar-refractivity contribution is 0.588. The second-order valence-electron chi connectivity index (χ2n) is 5.31. The fraction of sp³-hybridized carbons (Fsp3) is 0.118. The molecule has 0 radical (unpaired) electrons. The van der Waals surface area contributed by atoms with Crippen LogP contribution < -0.4 is 4.90 Å². The van der Waals surface area contributed by atoms with Crippen molar-refractivity contribution in [3.05, 3.63) is 67.0 Å². The summed E-state index contributed by atoms with van der Waals surface area (Å²) in [7, 11) is 0.251. The van der Waals surface area contributed by atoms with E-state index >= 15 is 0 Å². The van der Waals surface area contributed by atoms with Gasteiger partial charge in [0, 0.05) is 37.7 Å². The summed E-state index contributed by atoms with van der Waals surface area (Å²) in [6.45, 7) is 0. The monoisotopic (exact) mass is 327 g/mol. The van der Waals surface area contributed by atoms with Gasteiger partial charge in [0.15, 0.2) is 5.82 Å². The van der Waals surface area contributed by atoms with E-state index in [9.17, 15) is 8.42 Å². The summed E-state index contributed by atoms with van der Waals surface area (Å²) in [6, 6.07) is 16.0. The van der Waals surface area contributed by atoms with Crippen molar-refractivity contribution in [3.63, 3.8) is 0 Å². The Morgan fingerprint density at radius 3 is 2.22 bits per heavy atom. The zero-order valence-electron chi connectivity index (χ0n) is 12.9. The van der Waals surface area contributed by atoms with Gasteiger partial charge in [-0.05, 0) is 36.4 Å². The van der Waals surface area contributed by atoms with Gasteiger partial charge in [0.1, 0.15) is 0 Å². The zero-order valence-corrected chi connectivity index (χ0v) is 13.7. The Kier molecular flexibility index (Phi) is 3.92. The molecule has 3 aromatic rings. The number of imidazole rings is 1. The number of aromatic nitrogens is 2. The van der Waals surface area contributed by atoms with Crippen molar-refractivity contribution in [2.75, 3.05) is 19.0 Å². The molecule has 0 fully saturated rings. The highest BCUT2D eigenvalue weighted by atomic mass is 32.2. The molecule has 0 saturated carbocycles. The minimum atomic E-state index is -3.66. The molecule has 3 rings (SSSR count). The summed E-state index contributed by atoms with van der Waals surface area (Å²) in [5, 5.41) is 0. The lowest BCUT2D eigenvalue weighted by Crippen LogP contribution is -2.13. The van der Waals surface area contributed by atoms with Crippen molar-refractivity contribution in [1.82, 2.24) is 8.96 Å². The predicted octanol–water partition coefficient (Wildman–Crippen LogP) is 2.85. The van der Waals surface area contributed by atoms with Crippen LogP contribution in [-0.4, -0.2) is 31.5 Å². The summed E-state index contributed by atoms with van der Waals surface area (Å²) < 4.78 is 26.8. The first-order valence-electron chi connectivity index (χ1n) is 7.12. The van der Waals surface area contributed by atoms with E-state index in [1.165, 1.54) is 16.4 Å². The highest BCUT2D eigenvalue weighted by molar-refractivity contribution is 7.90. The fourth-order valence-corrected chi connectivity index (χ4v) is 3.63. The van der Waals surface area contributed by atoms with Gasteiger partial charge < -0.3 is 4.90 Å². The number of benzene rings is 2. The number of rotatable bonds is 4. The van der Waals surface area contributed by atoms with Crippen LogP contribution in [0.1, 0.15) is 0 Å². The van der Waals surface area contributed by atoms with E-state index in [0.717, 1.165) is 11.3 Å². The maximum absolute atomic E-state index is 12.8. The van der Waals surface area contributed by atoms with Gasteiger partial charge in [-0.2, -0.15) is 0 Å². The summed E-state index contributed by atoms with van der Waals surface area (Å²) >= 11 is 0. The SMILES string of the molecule is CN(C)c1ccc(-c2nccn2S(=O)(=O)c2ccccc2)cc1. The molecule has 0 N–H and O–H groups in total. The first-order chi connectivity index (χ1) is 11.0. The van der Waals surface area contributed by atoms with Crippen LogP contribution in [0.25, 0.3) is 11.4 Å². The number of hydrogen-bond donors (Lipinski definition) is 0. The molecule has 0 unspecified atom stereocenters. The molecule has 5 nitrogen and oxygen atoms in total. The maximum Gasteiger partial charge on any atom is 0.269 e. The molecule has 0 aliphatic rings. The molecule has 1 aromatic heterocycles. The lowest BCUT2D eigenvalue weighted by Gasteiger charge is -2.13. The Bertz CT molecular complexity index is 899. The molecule has 0 spiro atoms. The van der Waals surface area contributed by atoms with Gasteiger partial charge in [0.2, 0.25) is 0 Å². The summed E-state index contributed by atoms with van der Waals surface area (Å²) in [5.74, 6) is 0.402. The minimum absolute atomic E-state index is 0.240. The fourth-order valence-electron chi connectivity index (χ4n) is 2.30. The van der Waals surface area contributed by atoms with Crippen LogP contribution in [0.5, 0.6) is 0 Å². The average Bonchev–Trinajstić information content (AvgIpc) is 3.06. The first kappa shape index (κ1) is 15.3. The van der Waals surface area contributed by atoms with Gasteiger partial charge in [-0.25, -0.2) is 17.4 Å². The first-order valence-corrected chi connectivity index (χ1v) is 8.56. The topological polar surface area (TPSA) is 55.2 Å². The third kappa shape index (κ3) is 2.85. The van der Waals surface area contributed by atoms with Crippen LogP contribution in [0, 0.1) is 0 Å². The largest absolute Gasteiger partial charge is 0.378 e. The molecule has 0 saturated heterocycles. The van der Waals surface area contributed by atoms with E-state index in [-0.39, 0.29) is 4.90 Å². The van der Waals surface area contributed by atoms with E-state index in [0.29, 0.717) is 5.82 Å². The third-order valence-corrected chi connectivity index (χ3v) is 5.23. The normalized spacial score (nSPS) is 11.4. The smallest absolute Gasteiger partial charge is 0.269 e. The minimum Gasteiger partial charge on any atom is -0.378 e. The number of anilines is 1. The van der Waals surface area contributed by atoms with Gasteiger partial charge >= 0.3 is 0 Å². The average molecular weight is 327 g/mol. The molecule has 23 heavy (non-hydrogen) atoms. The van der Waals surface area contributed by atoms with Crippen LogP contribution >= 0.6 is 0 Å². The molecule has 0 aliphatic heterocycles. The molecule has 2 aromatic carbocycles. The highest BCUT2D eigenvalue weighted by Crippen LogP contribution is 2.24. The van der Waals surface area contributed by atoms with Crippen LogP contribution in [0.15, 0.2) is 71.9 Å². The standard InChI is InChI=1S/C17H17N3O2S/c1-19(2)15-10-8-14(9-11-15)17-18-12-13-20(17)23(21,22)16-6-4-3-5-7-16/h3-13H,1-2H3. The molecule has 0 aliphatic carbocycles.